The van der Waals surface area contributed by atoms with Crippen molar-refractivity contribution in [3.05, 3.63) is 60.7 Å². The molecule has 3 rings (SSSR count). The topological polar surface area (TPSA) is 27.7 Å². The Balaban J connectivity index is 1.77. The molecule has 0 aromatic heterocycles. The van der Waals surface area contributed by atoms with E-state index in [-0.39, 0.29) is 0 Å². The lowest BCUT2D eigenvalue weighted by Gasteiger charge is -2.30. The van der Waals surface area contributed by atoms with Gasteiger partial charge >= 0.3 is 0 Å². The molecule has 122 valence electrons. The van der Waals surface area contributed by atoms with Crippen LogP contribution in [0, 0.1) is 0 Å². The summed E-state index contributed by atoms with van der Waals surface area (Å²) in [6.45, 7) is 3.52. The van der Waals surface area contributed by atoms with Crippen LogP contribution in [0.1, 0.15) is 0 Å². The summed E-state index contributed by atoms with van der Waals surface area (Å²) in [7, 11) is 0.772. The van der Waals surface area contributed by atoms with Crippen LogP contribution in [0.15, 0.2) is 60.7 Å². The van der Waals surface area contributed by atoms with E-state index in [1.54, 1.807) is 9.12 Å². The molecule has 2 aromatic carbocycles. The third-order valence-electron chi connectivity index (χ3n) is 3.51. The van der Waals surface area contributed by atoms with E-state index in [0.29, 0.717) is 6.61 Å². The lowest BCUT2D eigenvalue weighted by molar-refractivity contribution is 0.359. The maximum atomic E-state index is 6.28. The fourth-order valence-corrected chi connectivity index (χ4v) is 5.29. The average Bonchev–Trinajstić information content (AvgIpc) is 3.04. The van der Waals surface area contributed by atoms with Crippen LogP contribution in [0.25, 0.3) is 0 Å². The molecular weight excluding hydrogens is 440 g/mol. The predicted octanol–water partition coefficient (Wildman–Crippen LogP) is 4.84. The van der Waals surface area contributed by atoms with Gasteiger partial charge in [0.05, 0.1) is 6.61 Å². The fourth-order valence-electron chi connectivity index (χ4n) is 2.49. The van der Waals surface area contributed by atoms with Crippen LogP contribution in [-0.4, -0.2) is 26.2 Å². The first-order valence-electron chi connectivity index (χ1n) is 7.48. The molecule has 2 aromatic rings. The molecule has 1 aliphatic heterocycles. The quantitative estimate of drug-likeness (QED) is 0.277. The summed E-state index contributed by atoms with van der Waals surface area (Å²) in [4.78, 5) is 0. The normalized spacial score (nSPS) is 15.3. The zero-order valence-corrected chi connectivity index (χ0v) is 16.5. The largest absolute Gasteiger partial charge is 0.321 e. The minimum absolute atomic E-state index is 0.703. The van der Waals surface area contributed by atoms with Crippen molar-refractivity contribution in [1.29, 1.82) is 0 Å². The zero-order chi connectivity index (χ0) is 15.9. The maximum Gasteiger partial charge on any atom is 0.248 e. The van der Waals surface area contributed by atoms with Crippen LogP contribution in [0.5, 0.6) is 0 Å². The van der Waals surface area contributed by atoms with Crippen molar-refractivity contribution in [2.45, 2.75) is 0 Å². The van der Waals surface area contributed by atoms with Crippen LogP contribution in [0.4, 0.5) is 11.4 Å². The summed E-state index contributed by atoms with van der Waals surface area (Å²) >= 11 is 2.24. The molecule has 0 atom stereocenters. The summed E-state index contributed by atoms with van der Waals surface area (Å²) in [6.07, 6.45) is 0. The number of nitrogens with one attached hydrogen (secondary N) is 1. The Labute approximate surface area is 155 Å². The van der Waals surface area contributed by atoms with Gasteiger partial charge in [0.2, 0.25) is 8.45 Å². The maximum absolute atomic E-state index is 6.28. The molecule has 0 spiro atoms. The molecule has 23 heavy (non-hydrogen) atoms. The van der Waals surface area contributed by atoms with Gasteiger partial charge in [-0.1, -0.05) is 36.4 Å². The molecule has 0 unspecified atom stereocenters. The number of rotatable bonds is 7. The number of halogens is 1. The summed E-state index contributed by atoms with van der Waals surface area (Å²) in [5.41, 5.74) is 2.46. The van der Waals surface area contributed by atoms with Gasteiger partial charge in [-0.25, -0.2) is 0 Å². The Kier molecular flexibility index (Phi) is 6.83. The molecule has 1 aliphatic rings. The molecule has 0 saturated carbocycles. The number of hydrogen-bond acceptors (Lipinski definition) is 5. The number of anilines is 2. The Morgan fingerprint density at radius 2 is 1.48 bits per heavy atom. The summed E-state index contributed by atoms with van der Waals surface area (Å²) < 4.78 is 14.3. The number of nitrogens with zero attached hydrogens (tertiary/aromatic N) is 2. The summed E-state index contributed by atoms with van der Waals surface area (Å²) in [5.74, 6) is 0. The molecule has 0 amide bonds. The summed E-state index contributed by atoms with van der Waals surface area (Å²) in [5, 5.41) is 0. The highest BCUT2D eigenvalue weighted by molar-refractivity contribution is 14.2. The molecular formula is C16H19IN3OPS. The number of para-hydroxylation sites is 2. The van der Waals surface area contributed by atoms with Gasteiger partial charge < -0.3 is 13.9 Å². The van der Waals surface area contributed by atoms with Crippen molar-refractivity contribution in [3.8, 4) is 0 Å². The van der Waals surface area contributed by atoms with Crippen molar-refractivity contribution in [3.63, 3.8) is 0 Å². The Morgan fingerprint density at radius 3 is 1.96 bits per heavy atom. The van der Waals surface area contributed by atoms with Crippen LogP contribution >= 0.6 is 38.8 Å². The minimum Gasteiger partial charge on any atom is -0.321 e. The van der Waals surface area contributed by atoms with E-state index in [1.165, 1.54) is 11.4 Å². The third-order valence-corrected chi connectivity index (χ3v) is 6.86. The fraction of sp³-hybridized carbons (Fsp3) is 0.250. The Morgan fingerprint density at radius 1 is 0.957 bits per heavy atom. The second kappa shape index (κ2) is 9.08. The smallest absolute Gasteiger partial charge is 0.248 e. The van der Waals surface area contributed by atoms with Gasteiger partial charge in [0.15, 0.2) is 0 Å². The van der Waals surface area contributed by atoms with E-state index >= 15 is 0 Å². The number of benzene rings is 2. The monoisotopic (exact) mass is 459 g/mol. The van der Waals surface area contributed by atoms with Gasteiger partial charge in [0.1, 0.15) is 0 Å². The molecule has 4 nitrogen and oxygen atoms in total. The van der Waals surface area contributed by atoms with Crippen LogP contribution in [0.3, 0.4) is 0 Å². The highest BCUT2D eigenvalue weighted by atomic mass is 127. The lowest BCUT2D eigenvalue weighted by Crippen LogP contribution is -2.19. The molecule has 0 aliphatic carbocycles. The predicted molar refractivity (Wildman–Crippen MR) is 110 cm³/mol. The van der Waals surface area contributed by atoms with E-state index in [9.17, 15) is 0 Å². The first-order chi connectivity index (χ1) is 11.4. The highest BCUT2D eigenvalue weighted by Crippen LogP contribution is 2.53. The zero-order valence-electron chi connectivity index (χ0n) is 12.6. The van der Waals surface area contributed by atoms with E-state index in [4.69, 9.17) is 4.52 Å². The SMILES string of the molecule is ISNCCOP1N(c2ccccc2)CCN1c1ccccc1. The van der Waals surface area contributed by atoms with Crippen LogP contribution < -0.4 is 14.1 Å². The molecule has 7 heteroatoms. The van der Waals surface area contributed by atoms with E-state index in [1.807, 2.05) is 0 Å². The van der Waals surface area contributed by atoms with Gasteiger partial charge in [-0.15, -0.1) is 0 Å². The molecule has 1 fully saturated rings. The second-order valence-corrected chi connectivity index (χ2v) is 8.47. The minimum atomic E-state index is -0.826. The second-order valence-electron chi connectivity index (χ2n) is 4.97. The van der Waals surface area contributed by atoms with Crippen molar-refractivity contribution in [1.82, 2.24) is 4.72 Å². The molecule has 1 N–H and O–H groups in total. The van der Waals surface area contributed by atoms with Gasteiger partial charge in [-0.2, -0.15) is 0 Å². The standard InChI is InChI=1S/C16H19IN3OPS/c17-23-18-11-14-21-22-19(15-7-3-1-4-8-15)12-13-20(22)16-9-5-2-6-10-16/h1-10,18H,11-14H2. The van der Waals surface area contributed by atoms with Crippen molar-refractivity contribution < 1.29 is 4.52 Å². The molecule has 0 bridgehead atoms. The van der Waals surface area contributed by atoms with Crippen molar-refractivity contribution >= 4 is 50.1 Å². The van der Waals surface area contributed by atoms with E-state index in [0.717, 1.165) is 19.6 Å². The molecule has 1 saturated heterocycles. The molecule has 1 heterocycles. The van der Waals surface area contributed by atoms with Crippen molar-refractivity contribution in [2.75, 3.05) is 35.6 Å². The van der Waals surface area contributed by atoms with Crippen LogP contribution in [0.2, 0.25) is 0 Å². The van der Waals surface area contributed by atoms with Gasteiger partial charge in [0.25, 0.3) is 0 Å². The Hall–Kier alpha value is -0.530. The first-order valence-corrected chi connectivity index (χ1v) is 12.0. The lowest BCUT2D eigenvalue weighted by atomic mass is 10.3. The van der Waals surface area contributed by atoms with E-state index < -0.39 is 8.45 Å². The van der Waals surface area contributed by atoms with Gasteiger partial charge in [0, 0.05) is 52.2 Å². The summed E-state index contributed by atoms with van der Waals surface area (Å²) in [6, 6.07) is 21.1. The van der Waals surface area contributed by atoms with E-state index in [2.05, 4.69) is 95.9 Å². The van der Waals surface area contributed by atoms with Crippen LogP contribution in [-0.2, 0) is 4.52 Å². The third kappa shape index (κ3) is 4.51. The average molecular weight is 459 g/mol. The molecule has 0 radical (unpaired) electrons. The first kappa shape index (κ1) is 17.3. The Bertz CT molecular complexity index is 545. The van der Waals surface area contributed by atoms with Gasteiger partial charge in [-0.3, -0.25) is 4.72 Å². The number of hydrogen-bond donors (Lipinski definition) is 1. The van der Waals surface area contributed by atoms with Gasteiger partial charge in [-0.05, 0) is 33.4 Å². The highest BCUT2D eigenvalue weighted by Gasteiger charge is 2.34. The van der Waals surface area contributed by atoms with Crippen molar-refractivity contribution in [2.24, 2.45) is 0 Å².